The van der Waals surface area contributed by atoms with E-state index in [4.69, 9.17) is 4.74 Å². The molecule has 0 saturated heterocycles. The summed E-state index contributed by atoms with van der Waals surface area (Å²) in [6.45, 7) is 0. The molecule has 0 aliphatic heterocycles. The van der Waals surface area contributed by atoms with Gasteiger partial charge in [0.15, 0.2) is 0 Å². The van der Waals surface area contributed by atoms with E-state index in [0.717, 1.165) is 31.4 Å². The van der Waals surface area contributed by atoms with Crippen LogP contribution in [-0.2, 0) is 0 Å². The van der Waals surface area contributed by atoms with Crippen molar-refractivity contribution in [1.82, 2.24) is 15.1 Å². The van der Waals surface area contributed by atoms with Crippen LogP contribution in [0.2, 0.25) is 0 Å². The van der Waals surface area contributed by atoms with Gasteiger partial charge in [0.25, 0.3) is 5.91 Å². The minimum absolute atomic E-state index is 0.0302. The normalized spacial score (nSPS) is 15.3. The maximum absolute atomic E-state index is 12.6. The molecule has 2 aromatic carbocycles. The highest BCUT2D eigenvalue weighted by molar-refractivity contribution is 6.06. The molecule has 2 amide bonds. The molecular formula is C24H24N4O4. The van der Waals surface area contributed by atoms with Gasteiger partial charge < -0.3 is 20.5 Å². The van der Waals surface area contributed by atoms with Gasteiger partial charge in [-0.25, -0.2) is 4.79 Å². The second kappa shape index (κ2) is 8.03. The molecule has 2 aliphatic rings. The van der Waals surface area contributed by atoms with Crippen molar-refractivity contribution in [3.63, 3.8) is 0 Å². The first-order valence-electron chi connectivity index (χ1n) is 10.7. The summed E-state index contributed by atoms with van der Waals surface area (Å²) in [5.74, 6) is 0.417. The van der Waals surface area contributed by atoms with E-state index in [-0.39, 0.29) is 23.7 Å². The molecule has 0 spiro atoms. The number of benzene rings is 2. The Morgan fingerprint density at radius 3 is 2.56 bits per heavy atom. The van der Waals surface area contributed by atoms with E-state index in [1.165, 1.54) is 17.9 Å². The summed E-state index contributed by atoms with van der Waals surface area (Å²) in [7, 11) is 1.51. The Labute approximate surface area is 185 Å². The summed E-state index contributed by atoms with van der Waals surface area (Å²) in [5, 5.41) is 20.9. The number of methoxy groups -OCH3 is 1. The van der Waals surface area contributed by atoms with E-state index < -0.39 is 0 Å². The molecular weight excluding hydrogens is 408 g/mol. The van der Waals surface area contributed by atoms with Crippen molar-refractivity contribution in [1.29, 1.82) is 0 Å². The van der Waals surface area contributed by atoms with Crippen LogP contribution in [0.3, 0.4) is 0 Å². The number of hydrogen-bond donors (Lipinski definition) is 3. The largest absolute Gasteiger partial charge is 0.507 e. The molecule has 1 aromatic heterocycles. The molecule has 8 nitrogen and oxygen atoms in total. The Balaban J connectivity index is 1.38. The van der Waals surface area contributed by atoms with Gasteiger partial charge in [-0.2, -0.15) is 9.78 Å². The lowest BCUT2D eigenvalue weighted by Gasteiger charge is -2.10. The van der Waals surface area contributed by atoms with Gasteiger partial charge in [0.2, 0.25) is 0 Å². The number of ether oxygens (including phenoxy) is 1. The van der Waals surface area contributed by atoms with Crippen LogP contribution in [0, 0.1) is 0 Å². The van der Waals surface area contributed by atoms with Gasteiger partial charge in [-0.1, -0.05) is 12.1 Å². The zero-order chi connectivity index (χ0) is 22.2. The van der Waals surface area contributed by atoms with Crippen molar-refractivity contribution in [3.05, 3.63) is 59.8 Å². The van der Waals surface area contributed by atoms with E-state index >= 15 is 0 Å². The summed E-state index contributed by atoms with van der Waals surface area (Å²) >= 11 is 0. The van der Waals surface area contributed by atoms with Crippen LogP contribution in [-0.4, -0.2) is 40.0 Å². The van der Waals surface area contributed by atoms with Crippen molar-refractivity contribution in [2.45, 2.75) is 37.6 Å². The quantitative estimate of drug-likeness (QED) is 0.544. The number of phenolic OH excluding ortho intramolecular Hbond substituents is 1. The third kappa shape index (κ3) is 4.03. The van der Waals surface area contributed by atoms with Crippen LogP contribution in [0.4, 0.5) is 10.5 Å². The lowest BCUT2D eigenvalue weighted by molar-refractivity contribution is 0.102. The van der Waals surface area contributed by atoms with Gasteiger partial charge in [-0.05, 0) is 56.0 Å². The molecule has 0 bridgehead atoms. The number of rotatable bonds is 6. The molecule has 3 aromatic rings. The van der Waals surface area contributed by atoms with Crippen molar-refractivity contribution in [2.75, 3.05) is 12.4 Å². The smallest absolute Gasteiger partial charge is 0.342 e. The zero-order valence-electron chi connectivity index (χ0n) is 17.7. The fourth-order valence-corrected chi connectivity index (χ4v) is 3.68. The van der Waals surface area contributed by atoms with Gasteiger partial charge in [-0.15, -0.1) is 0 Å². The van der Waals surface area contributed by atoms with Crippen molar-refractivity contribution in [2.24, 2.45) is 0 Å². The molecule has 0 unspecified atom stereocenters. The minimum Gasteiger partial charge on any atom is -0.507 e. The monoisotopic (exact) mass is 432 g/mol. The van der Waals surface area contributed by atoms with Crippen LogP contribution in [0.15, 0.2) is 48.5 Å². The highest BCUT2D eigenvalue weighted by Gasteiger charge is 2.32. The van der Waals surface area contributed by atoms with Gasteiger partial charge in [-0.3, -0.25) is 4.79 Å². The van der Waals surface area contributed by atoms with Crippen molar-refractivity contribution >= 4 is 17.6 Å². The summed E-state index contributed by atoms with van der Waals surface area (Å²) < 4.78 is 6.67. The molecule has 2 aliphatic carbocycles. The van der Waals surface area contributed by atoms with Crippen molar-refractivity contribution < 1.29 is 19.4 Å². The number of hydrogen-bond acceptors (Lipinski definition) is 5. The third-order valence-electron chi connectivity index (χ3n) is 5.71. The SMILES string of the molecule is COc1ccccc1C(=O)Nc1ccc(-c2cc(C3CC3)n(C(=O)NC3CC3)n2)c(O)c1. The second-order valence-corrected chi connectivity index (χ2v) is 8.25. The van der Waals surface area contributed by atoms with Gasteiger partial charge in [0.05, 0.1) is 24.1 Å². The van der Waals surface area contributed by atoms with E-state index in [0.29, 0.717) is 34.2 Å². The van der Waals surface area contributed by atoms with E-state index in [2.05, 4.69) is 15.7 Å². The van der Waals surface area contributed by atoms with Crippen LogP contribution >= 0.6 is 0 Å². The maximum atomic E-state index is 12.6. The second-order valence-electron chi connectivity index (χ2n) is 8.25. The van der Waals surface area contributed by atoms with Crippen LogP contribution in [0.5, 0.6) is 11.5 Å². The maximum Gasteiger partial charge on any atom is 0.342 e. The summed E-state index contributed by atoms with van der Waals surface area (Å²) in [6, 6.07) is 13.7. The predicted octanol–water partition coefficient (Wildman–Crippen LogP) is 4.11. The van der Waals surface area contributed by atoms with Gasteiger partial charge in [0, 0.05) is 29.3 Å². The van der Waals surface area contributed by atoms with E-state index in [1.54, 1.807) is 36.4 Å². The number of aromatic nitrogens is 2. The molecule has 3 N–H and O–H groups in total. The number of amides is 2. The number of carbonyl (C=O) groups excluding carboxylic acids is 2. The molecule has 0 atom stereocenters. The van der Waals surface area contributed by atoms with Crippen molar-refractivity contribution in [3.8, 4) is 22.8 Å². The summed E-state index contributed by atoms with van der Waals surface area (Å²) in [5.41, 5.74) is 2.73. The summed E-state index contributed by atoms with van der Waals surface area (Å²) in [4.78, 5) is 25.2. The number of nitrogens with zero attached hydrogens (tertiary/aromatic N) is 2. The number of carbonyl (C=O) groups is 2. The molecule has 32 heavy (non-hydrogen) atoms. The highest BCUT2D eigenvalue weighted by Crippen LogP contribution is 2.42. The first-order valence-corrected chi connectivity index (χ1v) is 10.7. The number of aromatic hydroxyl groups is 1. The number of nitrogens with one attached hydrogen (secondary N) is 2. The Morgan fingerprint density at radius 2 is 1.88 bits per heavy atom. The molecule has 0 radical (unpaired) electrons. The standard InChI is InChI=1S/C24H24N4O4/c1-32-22-5-3-2-4-18(22)23(30)25-16-10-11-17(21(29)12-16)19-13-20(14-6-7-14)28(27-19)24(31)26-15-8-9-15/h2-5,10-15,29H,6-9H2,1H3,(H,25,30)(H,26,31). The Bertz CT molecular complexity index is 1190. The zero-order valence-corrected chi connectivity index (χ0v) is 17.7. The van der Waals surface area contributed by atoms with Crippen LogP contribution in [0.1, 0.15) is 47.7 Å². The first kappa shape index (κ1) is 20.1. The van der Waals surface area contributed by atoms with Crippen LogP contribution in [0.25, 0.3) is 11.3 Å². The van der Waals surface area contributed by atoms with E-state index in [1.807, 2.05) is 6.07 Å². The van der Waals surface area contributed by atoms with Crippen LogP contribution < -0.4 is 15.4 Å². The number of phenols is 1. The fraction of sp³-hybridized carbons (Fsp3) is 0.292. The minimum atomic E-state index is -0.341. The molecule has 1 heterocycles. The summed E-state index contributed by atoms with van der Waals surface area (Å²) in [6.07, 6.45) is 4.06. The van der Waals surface area contributed by atoms with E-state index in [9.17, 15) is 14.7 Å². The topological polar surface area (TPSA) is 105 Å². The highest BCUT2D eigenvalue weighted by atomic mass is 16.5. The lowest BCUT2D eigenvalue weighted by Crippen LogP contribution is -2.32. The Morgan fingerprint density at radius 1 is 1.09 bits per heavy atom. The Hall–Kier alpha value is -3.81. The lowest BCUT2D eigenvalue weighted by atomic mass is 10.1. The molecule has 2 saturated carbocycles. The van der Waals surface area contributed by atoms with Gasteiger partial charge >= 0.3 is 6.03 Å². The molecule has 5 rings (SSSR count). The predicted molar refractivity (Wildman–Crippen MR) is 119 cm³/mol. The van der Waals surface area contributed by atoms with Gasteiger partial charge in [0.1, 0.15) is 11.5 Å². The molecule has 2 fully saturated rings. The third-order valence-corrected chi connectivity index (χ3v) is 5.71. The average Bonchev–Trinajstić information content (AvgIpc) is 3.73. The Kier molecular flexibility index (Phi) is 5.05. The molecule has 8 heteroatoms. The first-order chi connectivity index (χ1) is 15.5. The average molecular weight is 432 g/mol. The molecule has 164 valence electrons. The fourth-order valence-electron chi connectivity index (χ4n) is 3.68. The number of para-hydroxylation sites is 1. The number of anilines is 1.